The molecule has 0 atom stereocenters. The molecule has 0 radical (unpaired) electrons. The largest absolute Gasteiger partial charge is 0.493 e. The monoisotopic (exact) mass is 367 g/mol. The van der Waals surface area contributed by atoms with E-state index in [1.54, 1.807) is 0 Å². The SMILES string of the molecule is Cc1ccc2nc(NC(=S)N=Nc3c(O)[nH]c4ccccc34)sc2c1. The number of benzene rings is 2. The number of aromatic amines is 1. The average molecular weight is 367 g/mol. The quantitative estimate of drug-likeness (QED) is 0.333. The van der Waals surface area contributed by atoms with E-state index in [4.69, 9.17) is 12.2 Å². The number of hydrogen-bond donors (Lipinski definition) is 3. The summed E-state index contributed by atoms with van der Waals surface area (Å²) < 4.78 is 1.08. The highest BCUT2D eigenvalue weighted by Gasteiger charge is 2.10. The molecule has 0 saturated carbocycles. The van der Waals surface area contributed by atoms with Gasteiger partial charge in [0.2, 0.25) is 11.0 Å². The zero-order valence-corrected chi connectivity index (χ0v) is 14.8. The van der Waals surface area contributed by atoms with E-state index in [1.165, 1.54) is 16.9 Å². The van der Waals surface area contributed by atoms with Gasteiger partial charge in [0.25, 0.3) is 0 Å². The van der Waals surface area contributed by atoms with E-state index in [0.29, 0.717) is 10.8 Å². The second kappa shape index (κ2) is 6.23. The third-order valence-electron chi connectivity index (χ3n) is 3.66. The lowest BCUT2D eigenvalue weighted by molar-refractivity contribution is 0.459. The van der Waals surface area contributed by atoms with Crippen molar-refractivity contribution in [3.8, 4) is 5.88 Å². The fourth-order valence-corrected chi connectivity index (χ4v) is 3.68. The molecule has 124 valence electrons. The van der Waals surface area contributed by atoms with Crippen LogP contribution in [0.1, 0.15) is 5.56 Å². The summed E-state index contributed by atoms with van der Waals surface area (Å²) in [5.41, 5.74) is 3.24. The van der Waals surface area contributed by atoms with Crippen molar-refractivity contribution < 1.29 is 5.11 Å². The number of thiazole rings is 1. The Morgan fingerprint density at radius 2 is 2.12 bits per heavy atom. The highest BCUT2D eigenvalue weighted by molar-refractivity contribution is 7.80. The van der Waals surface area contributed by atoms with Crippen LogP contribution in [0.4, 0.5) is 10.8 Å². The van der Waals surface area contributed by atoms with Crippen molar-refractivity contribution in [3.63, 3.8) is 0 Å². The number of rotatable bonds is 2. The van der Waals surface area contributed by atoms with Gasteiger partial charge in [-0.25, -0.2) is 4.98 Å². The van der Waals surface area contributed by atoms with Crippen molar-refractivity contribution in [2.24, 2.45) is 10.2 Å². The Labute approximate surface area is 152 Å². The van der Waals surface area contributed by atoms with Gasteiger partial charge in [-0.2, -0.15) is 0 Å². The van der Waals surface area contributed by atoms with Crippen LogP contribution < -0.4 is 5.32 Å². The van der Waals surface area contributed by atoms with Crippen molar-refractivity contribution in [2.75, 3.05) is 5.32 Å². The third-order valence-corrected chi connectivity index (χ3v) is 4.78. The number of nitrogens with zero attached hydrogens (tertiary/aromatic N) is 3. The minimum Gasteiger partial charge on any atom is -0.493 e. The van der Waals surface area contributed by atoms with Gasteiger partial charge in [-0.1, -0.05) is 35.6 Å². The summed E-state index contributed by atoms with van der Waals surface area (Å²) in [5, 5.41) is 22.6. The lowest BCUT2D eigenvalue weighted by Crippen LogP contribution is -2.04. The van der Waals surface area contributed by atoms with Gasteiger partial charge in [-0.05, 0) is 42.9 Å². The fraction of sp³-hybridized carbons (Fsp3) is 0.0588. The Morgan fingerprint density at radius 1 is 1.28 bits per heavy atom. The number of aryl methyl sites for hydroxylation is 1. The van der Waals surface area contributed by atoms with E-state index in [2.05, 4.69) is 31.6 Å². The Bertz CT molecular complexity index is 1130. The zero-order chi connectivity index (χ0) is 17.4. The molecule has 4 rings (SSSR count). The van der Waals surface area contributed by atoms with Gasteiger partial charge >= 0.3 is 0 Å². The average Bonchev–Trinajstić information content (AvgIpc) is 3.11. The number of nitrogens with one attached hydrogen (secondary N) is 2. The summed E-state index contributed by atoms with van der Waals surface area (Å²) in [6.07, 6.45) is 0. The minimum absolute atomic E-state index is 0.0387. The second-order valence-corrected chi connectivity index (χ2v) is 6.91. The van der Waals surface area contributed by atoms with Crippen LogP contribution in [0, 0.1) is 6.92 Å². The molecule has 3 N–H and O–H groups in total. The van der Waals surface area contributed by atoms with Crippen molar-refractivity contribution in [1.82, 2.24) is 9.97 Å². The highest BCUT2D eigenvalue weighted by atomic mass is 32.1. The molecule has 0 bridgehead atoms. The highest BCUT2D eigenvalue weighted by Crippen LogP contribution is 2.35. The van der Waals surface area contributed by atoms with E-state index in [-0.39, 0.29) is 11.0 Å². The summed E-state index contributed by atoms with van der Waals surface area (Å²) >= 11 is 6.71. The normalized spacial score (nSPS) is 11.6. The Kier molecular flexibility index (Phi) is 3.90. The first-order valence-electron chi connectivity index (χ1n) is 7.50. The van der Waals surface area contributed by atoms with Crippen LogP contribution in [0.15, 0.2) is 52.7 Å². The Balaban J connectivity index is 1.56. The number of aromatic nitrogens is 2. The molecule has 4 aromatic rings. The first kappa shape index (κ1) is 15.7. The summed E-state index contributed by atoms with van der Waals surface area (Å²) in [7, 11) is 0. The molecule has 2 aromatic carbocycles. The second-order valence-electron chi connectivity index (χ2n) is 5.49. The van der Waals surface area contributed by atoms with Crippen LogP contribution >= 0.6 is 23.6 Å². The predicted molar refractivity (Wildman–Crippen MR) is 105 cm³/mol. The van der Waals surface area contributed by atoms with Crippen LogP contribution in [-0.2, 0) is 0 Å². The molecule has 0 aliphatic carbocycles. The Morgan fingerprint density at radius 3 is 3.00 bits per heavy atom. The summed E-state index contributed by atoms with van der Waals surface area (Å²) in [6.45, 7) is 2.04. The third kappa shape index (κ3) is 3.09. The predicted octanol–water partition coefficient (Wildman–Crippen LogP) is 5.27. The molecule has 2 heterocycles. The van der Waals surface area contributed by atoms with Crippen LogP contribution in [0.3, 0.4) is 0 Å². The maximum absolute atomic E-state index is 9.98. The molecule has 8 heteroatoms. The van der Waals surface area contributed by atoms with Gasteiger partial charge in [0.1, 0.15) is 0 Å². The zero-order valence-electron chi connectivity index (χ0n) is 13.1. The standard InChI is InChI=1S/C17H13N5OS2/c1-9-6-7-12-13(8-9)25-17(19-12)20-16(24)22-21-14-10-4-2-3-5-11(10)18-15(14)23/h2-8,18,23H,1H3,(H,19,20,24). The van der Waals surface area contributed by atoms with Crippen molar-refractivity contribution in [3.05, 3.63) is 48.0 Å². The summed E-state index contributed by atoms with van der Waals surface area (Å²) in [6, 6.07) is 13.5. The van der Waals surface area contributed by atoms with Gasteiger partial charge in [0, 0.05) is 5.39 Å². The number of anilines is 1. The number of fused-ring (bicyclic) bond motifs is 2. The first-order valence-corrected chi connectivity index (χ1v) is 8.72. The van der Waals surface area contributed by atoms with E-state index in [1.807, 2.05) is 43.3 Å². The maximum atomic E-state index is 9.98. The van der Waals surface area contributed by atoms with E-state index in [0.717, 1.165) is 21.1 Å². The number of aromatic hydroxyl groups is 1. The van der Waals surface area contributed by atoms with E-state index in [9.17, 15) is 5.11 Å². The molecular formula is C17H13N5OS2. The number of para-hydroxylation sites is 1. The summed E-state index contributed by atoms with van der Waals surface area (Å²) in [4.78, 5) is 7.32. The number of thiocarbonyl (C=S) groups is 1. The van der Waals surface area contributed by atoms with Gasteiger partial charge in [0.05, 0.1) is 15.7 Å². The molecule has 0 fully saturated rings. The maximum Gasteiger partial charge on any atom is 0.220 e. The Hall–Kier alpha value is -2.84. The molecule has 2 aromatic heterocycles. The van der Waals surface area contributed by atoms with E-state index >= 15 is 0 Å². The van der Waals surface area contributed by atoms with Crippen molar-refractivity contribution in [1.29, 1.82) is 0 Å². The molecule has 6 nitrogen and oxygen atoms in total. The van der Waals surface area contributed by atoms with Gasteiger partial charge in [-0.3, -0.25) is 0 Å². The molecule has 0 amide bonds. The van der Waals surface area contributed by atoms with E-state index < -0.39 is 0 Å². The topological polar surface area (TPSA) is 85.7 Å². The fourth-order valence-electron chi connectivity index (χ4n) is 2.51. The van der Waals surface area contributed by atoms with Crippen LogP contribution in [0.25, 0.3) is 21.1 Å². The molecular weight excluding hydrogens is 354 g/mol. The van der Waals surface area contributed by atoms with Crippen molar-refractivity contribution in [2.45, 2.75) is 6.92 Å². The molecule has 0 aliphatic heterocycles. The van der Waals surface area contributed by atoms with Gasteiger partial charge < -0.3 is 15.4 Å². The lowest BCUT2D eigenvalue weighted by Gasteiger charge is -1.96. The molecule has 0 spiro atoms. The molecule has 0 saturated heterocycles. The molecule has 25 heavy (non-hydrogen) atoms. The summed E-state index contributed by atoms with van der Waals surface area (Å²) in [5.74, 6) is -0.0387. The van der Waals surface area contributed by atoms with Gasteiger partial charge in [-0.15, -0.1) is 10.2 Å². The van der Waals surface area contributed by atoms with Crippen LogP contribution in [-0.4, -0.2) is 20.2 Å². The minimum atomic E-state index is -0.0387. The first-order chi connectivity index (χ1) is 12.1. The van der Waals surface area contributed by atoms with Crippen LogP contribution in [0.2, 0.25) is 0 Å². The smallest absolute Gasteiger partial charge is 0.220 e. The molecule has 0 aliphatic rings. The van der Waals surface area contributed by atoms with Crippen LogP contribution in [0.5, 0.6) is 5.88 Å². The lowest BCUT2D eigenvalue weighted by atomic mass is 10.2. The number of H-pyrrole nitrogens is 1. The molecule has 0 unspecified atom stereocenters. The van der Waals surface area contributed by atoms with Gasteiger partial charge in [0.15, 0.2) is 10.8 Å². The number of hydrogen-bond acceptors (Lipinski definition) is 5. The van der Waals surface area contributed by atoms with Crippen molar-refractivity contribution >= 4 is 60.6 Å². The number of azo groups is 1.